The predicted molar refractivity (Wildman–Crippen MR) is 47.8 cm³/mol. The topological polar surface area (TPSA) is 81.4 Å². The van der Waals surface area contributed by atoms with E-state index < -0.39 is 5.91 Å². The van der Waals surface area contributed by atoms with Crippen molar-refractivity contribution >= 4 is 11.8 Å². The van der Waals surface area contributed by atoms with Gasteiger partial charge < -0.3 is 15.8 Å². The number of amides is 2. The lowest BCUT2D eigenvalue weighted by molar-refractivity contribution is -0.121. The Hall–Kier alpha value is -1.36. The summed E-state index contributed by atoms with van der Waals surface area (Å²) in [6, 6.07) is 0. The second kappa shape index (κ2) is 6.19. The molecule has 5 heteroatoms. The number of hydrogen-bond acceptors (Lipinski definition) is 3. The smallest absolute Gasteiger partial charge is 0.245 e. The monoisotopic (exact) mass is 186 g/mol. The molecule has 13 heavy (non-hydrogen) atoms. The Morgan fingerprint density at radius 2 is 2.15 bits per heavy atom. The number of carbonyl (C=O) groups is 2. The third-order valence-electron chi connectivity index (χ3n) is 1.38. The summed E-state index contributed by atoms with van der Waals surface area (Å²) < 4.78 is 4.69. The molecular formula is C8H14N2O3. The molecule has 3 N–H and O–H groups in total. The number of ether oxygens (including phenoxy) is 1. The molecule has 0 aromatic heterocycles. The third-order valence-corrected chi connectivity index (χ3v) is 1.38. The average molecular weight is 186 g/mol. The molecule has 0 aromatic rings. The molecule has 0 saturated heterocycles. The van der Waals surface area contributed by atoms with Gasteiger partial charge in [-0.05, 0) is 0 Å². The van der Waals surface area contributed by atoms with Crippen molar-refractivity contribution in [3.8, 4) is 0 Å². The van der Waals surface area contributed by atoms with Gasteiger partial charge >= 0.3 is 0 Å². The van der Waals surface area contributed by atoms with E-state index in [0.717, 1.165) is 0 Å². The number of nitrogens with one attached hydrogen (secondary N) is 1. The first-order chi connectivity index (χ1) is 6.07. The first kappa shape index (κ1) is 11.6. The lowest BCUT2D eigenvalue weighted by atomic mass is 10.3. The van der Waals surface area contributed by atoms with Crippen molar-refractivity contribution in [1.29, 1.82) is 0 Å². The first-order valence-corrected chi connectivity index (χ1v) is 3.81. The van der Waals surface area contributed by atoms with E-state index in [2.05, 4.69) is 11.9 Å². The molecule has 0 spiro atoms. The Kier molecular flexibility index (Phi) is 5.54. The third kappa shape index (κ3) is 5.86. The molecular weight excluding hydrogens is 172 g/mol. The van der Waals surface area contributed by atoms with Crippen molar-refractivity contribution in [2.75, 3.05) is 20.3 Å². The van der Waals surface area contributed by atoms with Crippen LogP contribution in [-0.4, -0.2) is 32.1 Å². The molecule has 0 saturated carbocycles. The summed E-state index contributed by atoms with van der Waals surface area (Å²) >= 11 is 0. The fraction of sp³-hybridized carbons (Fsp3) is 0.500. The van der Waals surface area contributed by atoms with Crippen molar-refractivity contribution in [2.45, 2.75) is 6.42 Å². The minimum absolute atomic E-state index is 0.0951. The maximum Gasteiger partial charge on any atom is 0.245 e. The van der Waals surface area contributed by atoms with E-state index >= 15 is 0 Å². The highest BCUT2D eigenvalue weighted by Crippen LogP contribution is 1.86. The predicted octanol–water partition coefficient (Wildman–Crippen LogP) is -0.819. The number of carbonyl (C=O) groups excluding carboxylic acids is 2. The van der Waals surface area contributed by atoms with Gasteiger partial charge in [-0.25, -0.2) is 0 Å². The van der Waals surface area contributed by atoms with E-state index in [-0.39, 0.29) is 24.4 Å². The number of nitrogens with two attached hydrogens (primary N) is 1. The van der Waals surface area contributed by atoms with Crippen molar-refractivity contribution < 1.29 is 14.3 Å². The maximum absolute atomic E-state index is 10.9. The van der Waals surface area contributed by atoms with Crippen molar-refractivity contribution in [3.05, 3.63) is 12.2 Å². The van der Waals surface area contributed by atoms with Gasteiger partial charge in [0.2, 0.25) is 11.8 Å². The van der Waals surface area contributed by atoms with E-state index in [9.17, 15) is 9.59 Å². The summed E-state index contributed by atoms with van der Waals surface area (Å²) in [5.74, 6) is -0.795. The van der Waals surface area contributed by atoms with Crippen LogP contribution in [0, 0.1) is 0 Å². The molecule has 74 valence electrons. The Labute approximate surface area is 76.9 Å². The summed E-state index contributed by atoms with van der Waals surface area (Å²) in [5, 5.41) is 2.48. The quantitative estimate of drug-likeness (QED) is 0.532. The second-order valence-corrected chi connectivity index (χ2v) is 2.49. The lowest BCUT2D eigenvalue weighted by Crippen LogP contribution is -2.30. The number of primary amides is 1. The molecule has 0 rings (SSSR count). The molecule has 0 bridgehead atoms. The van der Waals surface area contributed by atoms with E-state index in [0.29, 0.717) is 6.61 Å². The van der Waals surface area contributed by atoms with Crippen LogP contribution >= 0.6 is 0 Å². The molecule has 0 atom stereocenters. The standard InChI is InChI=1S/C8H14N2O3/c1-6(8(9)12)5-10-7(11)3-4-13-2/h1,3-5H2,2H3,(H2,9,12)(H,10,11). The van der Waals surface area contributed by atoms with Gasteiger partial charge in [-0.15, -0.1) is 0 Å². The molecule has 0 heterocycles. The van der Waals surface area contributed by atoms with Crippen LogP contribution in [0.3, 0.4) is 0 Å². The van der Waals surface area contributed by atoms with Crippen molar-refractivity contribution in [3.63, 3.8) is 0 Å². The molecule has 0 fully saturated rings. The Bertz CT molecular complexity index is 213. The normalized spacial score (nSPS) is 9.31. The SMILES string of the molecule is C=C(CNC(=O)CCOC)C(N)=O. The highest BCUT2D eigenvalue weighted by Gasteiger charge is 2.04. The van der Waals surface area contributed by atoms with Gasteiger partial charge in [-0.3, -0.25) is 9.59 Å². The van der Waals surface area contributed by atoms with E-state index in [1.54, 1.807) is 0 Å². The fourth-order valence-electron chi connectivity index (χ4n) is 0.576. The van der Waals surface area contributed by atoms with E-state index in [1.165, 1.54) is 7.11 Å². The van der Waals surface area contributed by atoms with Gasteiger partial charge in [0.15, 0.2) is 0 Å². The zero-order valence-electron chi connectivity index (χ0n) is 7.63. The summed E-state index contributed by atoms with van der Waals surface area (Å²) in [4.78, 5) is 21.4. The Morgan fingerprint density at radius 1 is 1.54 bits per heavy atom. The fourth-order valence-corrected chi connectivity index (χ4v) is 0.576. The van der Waals surface area contributed by atoms with Crippen molar-refractivity contribution in [1.82, 2.24) is 5.32 Å². The number of rotatable bonds is 6. The Balaban J connectivity index is 3.58. The molecule has 2 amide bonds. The number of methoxy groups -OCH3 is 1. The van der Waals surface area contributed by atoms with Crippen LogP contribution in [0.4, 0.5) is 0 Å². The van der Waals surface area contributed by atoms with E-state index in [1.807, 2.05) is 0 Å². The van der Waals surface area contributed by atoms with Crippen LogP contribution in [-0.2, 0) is 14.3 Å². The lowest BCUT2D eigenvalue weighted by Gasteiger charge is -2.04. The molecule has 0 aliphatic carbocycles. The largest absolute Gasteiger partial charge is 0.384 e. The van der Waals surface area contributed by atoms with Crippen molar-refractivity contribution in [2.24, 2.45) is 5.73 Å². The van der Waals surface area contributed by atoms with Gasteiger partial charge in [0.1, 0.15) is 0 Å². The van der Waals surface area contributed by atoms with Crippen LogP contribution in [0.5, 0.6) is 0 Å². The molecule has 0 unspecified atom stereocenters. The molecule has 0 aromatic carbocycles. The van der Waals surface area contributed by atoms with Crippen LogP contribution in [0.25, 0.3) is 0 Å². The summed E-state index contributed by atoms with van der Waals surface area (Å²) in [6.07, 6.45) is 0.266. The van der Waals surface area contributed by atoms with Crippen LogP contribution < -0.4 is 11.1 Å². The zero-order valence-corrected chi connectivity index (χ0v) is 7.63. The Morgan fingerprint density at radius 3 is 2.62 bits per heavy atom. The van der Waals surface area contributed by atoms with Gasteiger partial charge in [-0.2, -0.15) is 0 Å². The average Bonchev–Trinajstić information content (AvgIpc) is 2.10. The molecule has 0 aliphatic rings. The second-order valence-electron chi connectivity index (χ2n) is 2.49. The van der Waals surface area contributed by atoms with E-state index in [4.69, 9.17) is 10.5 Å². The minimum Gasteiger partial charge on any atom is -0.384 e. The zero-order chi connectivity index (χ0) is 10.3. The van der Waals surface area contributed by atoms with Crippen LogP contribution in [0.15, 0.2) is 12.2 Å². The highest BCUT2D eigenvalue weighted by atomic mass is 16.5. The first-order valence-electron chi connectivity index (χ1n) is 3.81. The molecule has 5 nitrogen and oxygen atoms in total. The minimum atomic E-state index is -0.605. The van der Waals surface area contributed by atoms with Crippen LogP contribution in [0.1, 0.15) is 6.42 Å². The highest BCUT2D eigenvalue weighted by molar-refractivity contribution is 5.92. The summed E-state index contributed by atoms with van der Waals surface area (Å²) in [5.41, 5.74) is 5.09. The van der Waals surface area contributed by atoms with Crippen LogP contribution in [0.2, 0.25) is 0 Å². The number of hydrogen-bond donors (Lipinski definition) is 2. The van der Waals surface area contributed by atoms with Gasteiger partial charge in [0.05, 0.1) is 6.61 Å². The molecule has 0 radical (unpaired) electrons. The summed E-state index contributed by atoms with van der Waals surface area (Å²) in [6.45, 7) is 3.84. The molecule has 0 aliphatic heterocycles. The maximum atomic E-state index is 10.9. The van der Waals surface area contributed by atoms with Gasteiger partial charge in [-0.1, -0.05) is 6.58 Å². The van der Waals surface area contributed by atoms with Gasteiger partial charge in [0.25, 0.3) is 0 Å². The van der Waals surface area contributed by atoms with Gasteiger partial charge in [0, 0.05) is 25.6 Å². The summed E-state index contributed by atoms with van der Waals surface area (Å²) in [7, 11) is 1.51.